The number of benzene rings is 1. The second-order valence-corrected chi connectivity index (χ2v) is 6.88. The molecular formula is C14H11ClFN3O2S. The molecule has 0 atom stereocenters. The van der Waals surface area contributed by atoms with Crippen molar-refractivity contribution >= 4 is 21.6 Å². The lowest BCUT2D eigenvalue weighted by Crippen LogP contribution is -2.27. The third kappa shape index (κ3) is 3.25. The summed E-state index contributed by atoms with van der Waals surface area (Å²) in [6, 6.07) is 8.26. The van der Waals surface area contributed by atoms with Crippen LogP contribution in [0.1, 0.15) is 11.1 Å². The van der Waals surface area contributed by atoms with Crippen LogP contribution in [-0.4, -0.2) is 24.8 Å². The quantitative estimate of drug-likeness (QED) is 0.802. The van der Waals surface area contributed by atoms with Gasteiger partial charge < -0.3 is 0 Å². The number of nitriles is 1. The molecule has 2 aromatic rings. The average molecular weight is 340 g/mol. The molecule has 0 aliphatic rings. The van der Waals surface area contributed by atoms with Gasteiger partial charge in [0.05, 0.1) is 0 Å². The van der Waals surface area contributed by atoms with Crippen LogP contribution < -0.4 is 0 Å². The van der Waals surface area contributed by atoms with Gasteiger partial charge in [-0.2, -0.15) is 9.57 Å². The SMILES string of the molecule is CN(Cc1ccc(Cl)nc1)S(=O)(=O)c1cccc(F)c1C#N. The third-order valence-corrected chi connectivity index (χ3v) is 5.04. The molecule has 1 heterocycles. The predicted molar refractivity (Wildman–Crippen MR) is 79.0 cm³/mol. The van der Waals surface area contributed by atoms with Crippen molar-refractivity contribution in [1.82, 2.24) is 9.29 Å². The van der Waals surface area contributed by atoms with E-state index in [1.54, 1.807) is 18.2 Å². The number of halogens is 2. The molecule has 0 aliphatic heterocycles. The summed E-state index contributed by atoms with van der Waals surface area (Å²) in [6.45, 7) is 0.0217. The molecule has 2 rings (SSSR count). The Morgan fingerprint density at radius 1 is 1.36 bits per heavy atom. The largest absolute Gasteiger partial charge is 0.244 e. The second kappa shape index (κ2) is 6.40. The molecule has 0 fully saturated rings. The zero-order valence-corrected chi connectivity index (χ0v) is 13.1. The predicted octanol–water partition coefficient (Wildman–Crippen LogP) is 2.57. The minimum Gasteiger partial charge on any atom is -0.244 e. The molecule has 0 saturated heterocycles. The number of aromatic nitrogens is 1. The van der Waals surface area contributed by atoms with Gasteiger partial charge in [-0.1, -0.05) is 23.7 Å². The maximum Gasteiger partial charge on any atom is 0.244 e. The summed E-state index contributed by atoms with van der Waals surface area (Å²) < 4.78 is 39.6. The van der Waals surface area contributed by atoms with E-state index in [0.717, 1.165) is 10.4 Å². The topological polar surface area (TPSA) is 74.1 Å². The summed E-state index contributed by atoms with van der Waals surface area (Å²) in [5.41, 5.74) is 0.119. The van der Waals surface area contributed by atoms with Crippen molar-refractivity contribution in [2.45, 2.75) is 11.4 Å². The van der Waals surface area contributed by atoms with Gasteiger partial charge in [-0.3, -0.25) is 0 Å². The number of hydrogen-bond acceptors (Lipinski definition) is 4. The molecule has 0 aliphatic carbocycles. The van der Waals surface area contributed by atoms with Crippen molar-refractivity contribution in [3.05, 3.63) is 58.6 Å². The van der Waals surface area contributed by atoms with E-state index in [4.69, 9.17) is 16.9 Å². The van der Waals surface area contributed by atoms with E-state index >= 15 is 0 Å². The Kier molecular flexibility index (Phi) is 4.76. The van der Waals surface area contributed by atoms with E-state index in [9.17, 15) is 12.8 Å². The number of rotatable bonds is 4. The first kappa shape index (κ1) is 16.4. The van der Waals surface area contributed by atoms with Gasteiger partial charge in [0, 0.05) is 19.8 Å². The molecule has 0 spiro atoms. The van der Waals surface area contributed by atoms with E-state index in [1.807, 2.05) is 0 Å². The van der Waals surface area contributed by atoms with Crippen LogP contribution in [-0.2, 0) is 16.6 Å². The van der Waals surface area contributed by atoms with Crippen molar-refractivity contribution < 1.29 is 12.8 Å². The fourth-order valence-electron chi connectivity index (χ4n) is 1.84. The molecule has 1 aromatic heterocycles. The summed E-state index contributed by atoms with van der Waals surface area (Å²) in [6.07, 6.45) is 1.45. The average Bonchev–Trinajstić information content (AvgIpc) is 2.49. The maximum absolute atomic E-state index is 13.6. The Balaban J connectivity index is 2.36. The molecule has 8 heteroatoms. The molecule has 22 heavy (non-hydrogen) atoms. The highest BCUT2D eigenvalue weighted by molar-refractivity contribution is 7.89. The van der Waals surface area contributed by atoms with E-state index in [0.29, 0.717) is 10.7 Å². The van der Waals surface area contributed by atoms with Gasteiger partial charge in [0.2, 0.25) is 10.0 Å². The highest BCUT2D eigenvalue weighted by atomic mass is 35.5. The summed E-state index contributed by atoms with van der Waals surface area (Å²) in [4.78, 5) is 3.50. The van der Waals surface area contributed by atoms with Crippen LogP contribution in [0.25, 0.3) is 0 Å². The lowest BCUT2D eigenvalue weighted by Gasteiger charge is -2.18. The zero-order valence-electron chi connectivity index (χ0n) is 11.5. The van der Waals surface area contributed by atoms with E-state index in [1.165, 1.54) is 25.4 Å². The lowest BCUT2D eigenvalue weighted by atomic mass is 10.2. The fraction of sp³-hybridized carbons (Fsp3) is 0.143. The number of hydrogen-bond donors (Lipinski definition) is 0. The summed E-state index contributed by atoms with van der Waals surface area (Å²) >= 11 is 5.67. The van der Waals surface area contributed by atoms with Crippen LogP contribution in [0, 0.1) is 17.1 Å². The Morgan fingerprint density at radius 3 is 2.68 bits per heavy atom. The molecule has 0 saturated carbocycles. The van der Waals surface area contributed by atoms with Gasteiger partial charge in [-0.15, -0.1) is 0 Å². The van der Waals surface area contributed by atoms with Crippen LogP contribution in [0.4, 0.5) is 4.39 Å². The fourth-order valence-corrected chi connectivity index (χ4v) is 3.26. The highest BCUT2D eigenvalue weighted by Gasteiger charge is 2.26. The van der Waals surface area contributed by atoms with Crippen molar-refractivity contribution in [2.24, 2.45) is 0 Å². The first-order chi connectivity index (χ1) is 10.4. The standard InChI is InChI=1S/C14H11ClFN3O2S/c1-19(9-10-5-6-14(15)18-8-10)22(20,21)13-4-2-3-12(16)11(13)7-17/h2-6,8H,9H2,1H3. The van der Waals surface area contributed by atoms with Crippen LogP contribution in [0.5, 0.6) is 0 Å². The van der Waals surface area contributed by atoms with Crippen molar-refractivity contribution in [2.75, 3.05) is 7.05 Å². The molecule has 114 valence electrons. The summed E-state index contributed by atoms with van der Waals surface area (Å²) in [7, 11) is -2.66. The monoisotopic (exact) mass is 339 g/mol. The second-order valence-electron chi connectivity index (χ2n) is 4.48. The molecule has 0 bridgehead atoms. The van der Waals surface area contributed by atoms with Crippen LogP contribution in [0.3, 0.4) is 0 Å². The van der Waals surface area contributed by atoms with E-state index < -0.39 is 21.4 Å². The van der Waals surface area contributed by atoms with Crippen molar-refractivity contribution in [3.63, 3.8) is 0 Å². The molecule has 1 aromatic carbocycles. The van der Waals surface area contributed by atoms with Crippen LogP contribution >= 0.6 is 11.6 Å². The van der Waals surface area contributed by atoms with Crippen LogP contribution in [0.15, 0.2) is 41.4 Å². The molecule has 0 radical (unpaired) electrons. The van der Waals surface area contributed by atoms with Gasteiger partial charge in [-0.25, -0.2) is 17.8 Å². The molecule has 0 unspecified atom stereocenters. The maximum atomic E-state index is 13.6. The van der Waals surface area contributed by atoms with Crippen molar-refractivity contribution in [1.29, 1.82) is 5.26 Å². The third-order valence-electron chi connectivity index (χ3n) is 2.97. The minimum absolute atomic E-state index is 0.0217. The molecular weight excluding hydrogens is 329 g/mol. The minimum atomic E-state index is -4.00. The first-order valence-electron chi connectivity index (χ1n) is 6.11. The number of nitrogens with zero attached hydrogens (tertiary/aromatic N) is 3. The zero-order chi connectivity index (χ0) is 16.3. The van der Waals surface area contributed by atoms with E-state index in [2.05, 4.69) is 4.98 Å². The van der Waals surface area contributed by atoms with Gasteiger partial charge in [0.25, 0.3) is 0 Å². The summed E-state index contributed by atoms with van der Waals surface area (Å²) in [5, 5.41) is 9.26. The van der Waals surface area contributed by atoms with Crippen LogP contribution in [0.2, 0.25) is 5.15 Å². The van der Waals surface area contributed by atoms with Gasteiger partial charge in [-0.05, 0) is 23.8 Å². The highest BCUT2D eigenvalue weighted by Crippen LogP contribution is 2.22. The van der Waals surface area contributed by atoms with Gasteiger partial charge >= 0.3 is 0 Å². The van der Waals surface area contributed by atoms with E-state index in [-0.39, 0.29) is 11.4 Å². The summed E-state index contributed by atoms with van der Waals surface area (Å²) in [5.74, 6) is -0.870. The Bertz CT molecular complexity index is 832. The Labute approximate surface area is 132 Å². The smallest absolute Gasteiger partial charge is 0.244 e. The van der Waals surface area contributed by atoms with Gasteiger partial charge in [0.15, 0.2) is 0 Å². The molecule has 5 nitrogen and oxygen atoms in total. The lowest BCUT2D eigenvalue weighted by molar-refractivity contribution is 0.465. The Morgan fingerprint density at radius 2 is 2.09 bits per heavy atom. The molecule has 0 N–H and O–H groups in total. The first-order valence-corrected chi connectivity index (χ1v) is 7.93. The van der Waals surface area contributed by atoms with Gasteiger partial charge in [0.1, 0.15) is 27.5 Å². The molecule has 0 amide bonds. The van der Waals surface area contributed by atoms with Crippen molar-refractivity contribution in [3.8, 4) is 6.07 Å². The normalized spacial score (nSPS) is 11.4. The Hall–Kier alpha value is -2.01. The number of sulfonamides is 1. The number of pyridine rings is 1.